The Morgan fingerprint density at radius 2 is 2.16 bits per heavy atom. The van der Waals surface area contributed by atoms with Crippen LogP contribution in [0, 0.1) is 6.92 Å². The fourth-order valence-corrected chi connectivity index (χ4v) is 3.19. The van der Waals surface area contributed by atoms with Crippen LogP contribution in [-0.4, -0.2) is 23.8 Å². The van der Waals surface area contributed by atoms with Crippen LogP contribution in [0.1, 0.15) is 23.7 Å². The Hall–Kier alpha value is -2.73. The largest absolute Gasteiger partial charge is 0.466 e. The first-order valence-corrected chi connectivity index (χ1v) is 8.93. The number of benzene rings is 2. The lowest BCUT2D eigenvalue weighted by molar-refractivity contribution is -0.142. The maximum absolute atomic E-state index is 11.5. The summed E-state index contributed by atoms with van der Waals surface area (Å²) in [7, 11) is 0. The van der Waals surface area contributed by atoms with E-state index in [2.05, 4.69) is 46.7 Å². The highest BCUT2D eigenvalue weighted by Gasteiger charge is 2.08. The van der Waals surface area contributed by atoms with Gasteiger partial charge in [0.15, 0.2) is 0 Å². The molecule has 0 unspecified atom stereocenters. The number of aryl methyl sites for hydroxylation is 1. The Morgan fingerprint density at radius 3 is 3.00 bits per heavy atom. The van der Waals surface area contributed by atoms with Gasteiger partial charge in [-0.05, 0) is 30.2 Å². The Balaban J connectivity index is 1.71. The molecule has 3 aromatic rings. The number of nitrogens with zero attached hydrogens (tertiary/aromatic N) is 2. The van der Waals surface area contributed by atoms with Gasteiger partial charge in [-0.2, -0.15) is 5.10 Å². The summed E-state index contributed by atoms with van der Waals surface area (Å²) in [6.45, 7) is 4.23. The highest BCUT2D eigenvalue weighted by Crippen LogP contribution is 2.21. The average molecular weight is 353 g/mol. The third kappa shape index (κ3) is 4.22. The van der Waals surface area contributed by atoms with Gasteiger partial charge >= 0.3 is 5.97 Å². The summed E-state index contributed by atoms with van der Waals surface area (Å²) in [5.41, 5.74) is 5.85. The molecule has 0 aliphatic rings. The number of aromatic nitrogens is 1. The van der Waals surface area contributed by atoms with Crippen LogP contribution in [0.25, 0.3) is 10.8 Å². The standard InChI is InChI=1S/C19H19N3O2S/c1-3-24-18(23)10-15-12-25-19(21-15)22-20-11-17-13(2)8-9-14-6-4-5-7-16(14)17/h4-9,11-12H,3,10H2,1-2H3,(H,21,22). The van der Waals surface area contributed by atoms with Crippen LogP contribution in [0.2, 0.25) is 0 Å². The Labute approximate surface area is 150 Å². The summed E-state index contributed by atoms with van der Waals surface area (Å²) < 4.78 is 4.92. The van der Waals surface area contributed by atoms with Crippen molar-refractivity contribution < 1.29 is 9.53 Å². The predicted molar refractivity (Wildman–Crippen MR) is 102 cm³/mol. The van der Waals surface area contributed by atoms with Crippen LogP contribution in [0.4, 0.5) is 5.13 Å². The predicted octanol–water partition coefficient (Wildman–Crippen LogP) is 4.16. The quantitative estimate of drug-likeness (QED) is 0.411. The van der Waals surface area contributed by atoms with Crippen molar-refractivity contribution in [2.24, 2.45) is 5.10 Å². The molecule has 0 atom stereocenters. The molecule has 1 heterocycles. The normalized spacial score (nSPS) is 11.1. The molecule has 1 N–H and O–H groups in total. The van der Waals surface area contributed by atoms with Crippen LogP contribution in [-0.2, 0) is 16.0 Å². The topological polar surface area (TPSA) is 63.6 Å². The molecule has 0 saturated carbocycles. The number of carbonyl (C=O) groups excluding carboxylic acids is 1. The van der Waals surface area contributed by atoms with Gasteiger partial charge in [0.25, 0.3) is 0 Å². The zero-order chi connectivity index (χ0) is 17.6. The molecular weight excluding hydrogens is 334 g/mol. The number of hydrogen-bond acceptors (Lipinski definition) is 6. The lowest BCUT2D eigenvalue weighted by Crippen LogP contribution is -2.07. The Morgan fingerprint density at radius 1 is 1.32 bits per heavy atom. The fourth-order valence-electron chi connectivity index (χ4n) is 2.53. The number of fused-ring (bicyclic) bond motifs is 1. The van der Waals surface area contributed by atoms with E-state index in [4.69, 9.17) is 4.74 Å². The molecule has 0 saturated heterocycles. The van der Waals surface area contributed by atoms with Crippen LogP contribution >= 0.6 is 11.3 Å². The second kappa shape index (κ2) is 7.90. The summed E-state index contributed by atoms with van der Waals surface area (Å²) in [4.78, 5) is 15.8. The number of ether oxygens (including phenoxy) is 1. The molecule has 0 aliphatic carbocycles. The number of rotatable bonds is 6. The van der Waals surface area contributed by atoms with Crippen molar-refractivity contribution in [3.63, 3.8) is 0 Å². The fraction of sp³-hybridized carbons (Fsp3) is 0.211. The Kier molecular flexibility index (Phi) is 5.40. The molecule has 5 nitrogen and oxygen atoms in total. The number of hydrogen-bond donors (Lipinski definition) is 1. The van der Waals surface area contributed by atoms with E-state index in [1.54, 1.807) is 6.92 Å². The van der Waals surface area contributed by atoms with Crippen molar-refractivity contribution >= 4 is 39.4 Å². The number of carbonyl (C=O) groups is 1. The van der Waals surface area contributed by atoms with Crippen molar-refractivity contribution in [1.29, 1.82) is 0 Å². The van der Waals surface area contributed by atoms with Crippen molar-refractivity contribution in [3.8, 4) is 0 Å². The maximum atomic E-state index is 11.5. The van der Waals surface area contributed by atoms with Gasteiger partial charge in [-0.1, -0.05) is 36.4 Å². The van der Waals surface area contributed by atoms with E-state index in [9.17, 15) is 4.79 Å². The molecule has 0 fully saturated rings. The summed E-state index contributed by atoms with van der Waals surface area (Å²) in [6, 6.07) is 12.4. The monoisotopic (exact) mass is 353 g/mol. The van der Waals surface area contributed by atoms with Crippen LogP contribution in [0.3, 0.4) is 0 Å². The van der Waals surface area contributed by atoms with Gasteiger partial charge in [-0.25, -0.2) is 4.98 Å². The molecule has 0 spiro atoms. The summed E-state index contributed by atoms with van der Waals surface area (Å²) in [6.07, 6.45) is 1.99. The summed E-state index contributed by atoms with van der Waals surface area (Å²) in [5, 5.41) is 9.13. The van der Waals surface area contributed by atoms with Crippen LogP contribution in [0.5, 0.6) is 0 Å². The van der Waals surface area contributed by atoms with E-state index in [0.29, 0.717) is 17.4 Å². The number of nitrogens with one attached hydrogen (secondary N) is 1. The molecule has 0 radical (unpaired) electrons. The molecule has 0 aliphatic heterocycles. The Bertz CT molecular complexity index is 918. The van der Waals surface area contributed by atoms with E-state index >= 15 is 0 Å². The molecule has 6 heteroatoms. The van der Waals surface area contributed by atoms with Gasteiger partial charge in [0.2, 0.25) is 5.13 Å². The van der Waals surface area contributed by atoms with E-state index in [-0.39, 0.29) is 12.4 Å². The minimum Gasteiger partial charge on any atom is -0.466 e. The van der Waals surface area contributed by atoms with Gasteiger partial charge in [0, 0.05) is 10.9 Å². The first kappa shape index (κ1) is 17.1. The molecule has 1 aromatic heterocycles. The molecule has 128 valence electrons. The number of anilines is 1. The van der Waals surface area contributed by atoms with Gasteiger partial charge in [-0.3, -0.25) is 10.2 Å². The van der Waals surface area contributed by atoms with Crippen molar-refractivity contribution in [2.45, 2.75) is 20.3 Å². The van der Waals surface area contributed by atoms with Gasteiger partial charge in [-0.15, -0.1) is 11.3 Å². The third-order valence-corrected chi connectivity index (χ3v) is 4.52. The maximum Gasteiger partial charge on any atom is 0.311 e. The summed E-state index contributed by atoms with van der Waals surface area (Å²) in [5.74, 6) is -0.269. The van der Waals surface area contributed by atoms with E-state index < -0.39 is 0 Å². The van der Waals surface area contributed by atoms with E-state index in [1.165, 1.54) is 16.7 Å². The van der Waals surface area contributed by atoms with E-state index in [0.717, 1.165) is 16.5 Å². The SMILES string of the molecule is CCOC(=O)Cc1csc(NN=Cc2c(C)ccc3ccccc23)n1. The van der Waals surface area contributed by atoms with Crippen molar-refractivity contribution in [2.75, 3.05) is 12.0 Å². The third-order valence-electron chi connectivity index (χ3n) is 3.73. The molecular formula is C19H19N3O2S. The second-order valence-electron chi connectivity index (χ2n) is 5.51. The number of hydrazone groups is 1. The average Bonchev–Trinajstić information content (AvgIpc) is 3.04. The number of thiazole rings is 1. The molecule has 2 aromatic carbocycles. The van der Waals surface area contributed by atoms with Crippen molar-refractivity contribution in [1.82, 2.24) is 4.98 Å². The highest BCUT2D eigenvalue weighted by atomic mass is 32.1. The second-order valence-corrected chi connectivity index (χ2v) is 6.37. The van der Waals surface area contributed by atoms with Crippen LogP contribution in [0.15, 0.2) is 46.9 Å². The van der Waals surface area contributed by atoms with Gasteiger partial charge in [0.05, 0.1) is 24.9 Å². The molecule has 0 bridgehead atoms. The van der Waals surface area contributed by atoms with Crippen LogP contribution < -0.4 is 5.43 Å². The van der Waals surface area contributed by atoms with E-state index in [1.807, 2.05) is 23.7 Å². The summed E-state index contributed by atoms with van der Waals surface area (Å²) >= 11 is 1.41. The lowest BCUT2D eigenvalue weighted by atomic mass is 10.0. The first-order chi connectivity index (χ1) is 12.2. The molecule has 25 heavy (non-hydrogen) atoms. The zero-order valence-electron chi connectivity index (χ0n) is 14.2. The van der Waals surface area contributed by atoms with Gasteiger partial charge < -0.3 is 4.74 Å². The number of esters is 1. The lowest BCUT2D eigenvalue weighted by Gasteiger charge is -2.05. The first-order valence-electron chi connectivity index (χ1n) is 8.05. The molecule has 0 amide bonds. The minimum atomic E-state index is -0.269. The highest BCUT2D eigenvalue weighted by molar-refractivity contribution is 7.13. The van der Waals surface area contributed by atoms with Gasteiger partial charge in [0.1, 0.15) is 0 Å². The van der Waals surface area contributed by atoms with Crippen molar-refractivity contribution in [3.05, 3.63) is 58.6 Å². The zero-order valence-corrected chi connectivity index (χ0v) is 15.0. The minimum absolute atomic E-state index is 0.179. The smallest absolute Gasteiger partial charge is 0.311 e. The molecule has 3 rings (SSSR count).